The maximum atomic E-state index is 12.6. The molecule has 1 amide bonds. The SMILES string of the molecule is C[C@H](c1nc2ccc(C#Cc3ccc4c(c3)CC([C@@H](NC(=O)OC(C)(C)C)C3(C)CC3)=C4)cc2[nH]1)C1(C)CC1. The van der Waals surface area contributed by atoms with Gasteiger partial charge >= 0.3 is 6.09 Å². The number of benzene rings is 2. The van der Waals surface area contributed by atoms with Crippen molar-refractivity contribution >= 4 is 23.2 Å². The zero-order chi connectivity index (χ0) is 27.6. The number of carbonyl (C=O) groups is 1. The van der Waals surface area contributed by atoms with Crippen molar-refractivity contribution in [2.75, 3.05) is 0 Å². The molecule has 0 spiro atoms. The molecule has 2 fully saturated rings. The fourth-order valence-corrected chi connectivity index (χ4v) is 5.68. The predicted molar refractivity (Wildman–Crippen MR) is 156 cm³/mol. The van der Waals surface area contributed by atoms with E-state index in [2.05, 4.69) is 85.4 Å². The topological polar surface area (TPSA) is 67.0 Å². The summed E-state index contributed by atoms with van der Waals surface area (Å²) in [6, 6.07) is 12.6. The third-order valence-corrected chi connectivity index (χ3v) is 8.99. The molecule has 0 aliphatic heterocycles. The second kappa shape index (κ2) is 9.01. The van der Waals surface area contributed by atoms with Crippen LogP contribution in [0.2, 0.25) is 0 Å². The van der Waals surface area contributed by atoms with Gasteiger partial charge in [0.15, 0.2) is 0 Å². The Hall–Kier alpha value is -3.52. The van der Waals surface area contributed by atoms with Gasteiger partial charge in [0.1, 0.15) is 11.4 Å². The molecule has 202 valence electrons. The number of nitrogens with one attached hydrogen (secondary N) is 2. The zero-order valence-electron chi connectivity index (χ0n) is 24.0. The zero-order valence-corrected chi connectivity index (χ0v) is 24.0. The van der Waals surface area contributed by atoms with Crippen molar-refractivity contribution in [1.29, 1.82) is 0 Å². The van der Waals surface area contributed by atoms with Crippen LogP contribution in [0, 0.1) is 22.7 Å². The molecule has 0 radical (unpaired) electrons. The number of amides is 1. The van der Waals surface area contributed by atoms with Crippen LogP contribution < -0.4 is 5.32 Å². The van der Waals surface area contributed by atoms with Gasteiger partial charge in [-0.05, 0) is 111 Å². The van der Waals surface area contributed by atoms with Gasteiger partial charge in [0, 0.05) is 17.0 Å². The van der Waals surface area contributed by atoms with Gasteiger partial charge in [0.05, 0.1) is 17.1 Å². The molecular weight excluding hydrogens is 482 g/mol. The van der Waals surface area contributed by atoms with E-state index in [0.717, 1.165) is 47.2 Å². The fraction of sp³-hybridized carbons (Fsp3) is 0.471. The Morgan fingerprint density at radius 1 is 1.03 bits per heavy atom. The number of aromatic amines is 1. The average Bonchev–Trinajstić information content (AvgIpc) is 3.70. The number of rotatable bonds is 5. The molecule has 3 aliphatic carbocycles. The summed E-state index contributed by atoms with van der Waals surface area (Å²) in [5.74, 6) is 8.24. The van der Waals surface area contributed by atoms with Crippen molar-refractivity contribution in [2.24, 2.45) is 10.8 Å². The van der Waals surface area contributed by atoms with Crippen molar-refractivity contribution in [3.05, 3.63) is 70.0 Å². The first-order chi connectivity index (χ1) is 18.4. The van der Waals surface area contributed by atoms with Crippen LogP contribution in [-0.2, 0) is 11.2 Å². The van der Waals surface area contributed by atoms with Gasteiger partial charge in [-0.25, -0.2) is 9.78 Å². The molecule has 1 aromatic heterocycles. The molecule has 0 unspecified atom stereocenters. The van der Waals surface area contributed by atoms with Gasteiger partial charge in [0.2, 0.25) is 0 Å². The summed E-state index contributed by atoms with van der Waals surface area (Å²) >= 11 is 0. The highest BCUT2D eigenvalue weighted by molar-refractivity contribution is 5.77. The number of aromatic nitrogens is 2. The summed E-state index contributed by atoms with van der Waals surface area (Å²) in [5.41, 5.74) is 7.70. The largest absolute Gasteiger partial charge is 0.444 e. The monoisotopic (exact) mass is 521 g/mol. The number of imidazole rings is 1. The van der Waals surface area contributed by atoms with Crippen LogP contribution in [0.25, 0.3) is 17.1 Å². The molecule has 2 atom stereocenters. The minimum absolute atomic E-state index is 0.0227. The van der Waals surface area contributed by atoms with E-state index in [4.69, 9.17) is 9.72 Å². The Kier molecular flexibility index (Phi) is 5.95. The molecule has 2 saturated carbocycles. The van der Waals surface area contributed by atoms with Crippen molar-refractivity contribution in [3.63, 3.8) is 0 Å². The number of carbonyl (C=O) groups excluding carboxylic acids is 1. The van der Waals surface area contributed by atoms with E-state index < -0.39 is 5.60 Å². The molecule has 1 heterocycles. The quantitative estimate of drug-likeness (QED) is 0.342. The van der Waals surface area contributed by atoms with Crippen LogP contribution in [0.5, 0.6) is 0 Å². The lowest BCUT2D eigenvalue weighted by atomic mass is 9.90. The Morgan fingerprint density at radius 3 is 2.36 bits per heavy atom. The van der Waals surface area contributed by atoms with Gasteiger partial charge in [-0.3, -0.25) is 0 Å². The first-order valence-electron chi connectivity index (χ1n) is 14.3. The summed E-state index contributed by atoms with van der Waals surface area (Å²) in [4.78, 5) is 21.0. The fourth-order valence-electron chi connectivity index (χ4n) is 5.68. The maximum absolute atomic E-state index is 12.6. The van der Waals surface area contributed by atoms with Gasteiger partial charge in [-0.15, -0.1) is 0 Å². The van der Waals surface area contributed by atoms with Crippen LogP contribution in [0.15, 0.2) is 42.0 Å². The van der Waals surface area contributed by atoms with Gasteiger partial charge in [-0.2, -0.15) is 0 Å². The van der Waals surface area contributed by atoms with Gasteiger partial charge < -0.3 is 15.0 Å². The second-order valence-corrected chi connectivity index (χ2v) is 13.5. The summed E-state index contributed by atoms with van der Waals surface area (Å²) < 4.78 is 5.58. The normalized spacial score (nSPS) is 19.8. The molecular formula is C34H39N3O2. The Morgan fingerprint density at radius 2 is 1.69 bits per heavy atom. The van der Waals surface area contributed by atoms with Crippen LogP contribution in [0.3, 0.4) is 0 Å². The molecule has 2 aromatic carbocycles. The van der Waals surface area contributed by atoms with Gasteiger partial charge in [0.25, 0.3) is 0 Å². The summed E-state index contributed by atoms with van der Waals surface area (Å²) in [6.45, 7) is 12.6. The summed E-state index contributed by atoms with van der Waals surface area (Å²) in [5, 5.41) is 3.18. The molecule has 0 saturated heterocycles. The second-order valence-electron chi connectivity index (χ2n) is 13.5. The predicted octanol–water partition coefficient (Wildman–Crippen LogP) is 7.50. The van der Waals surface area contributed by atoms with E-state index in [9.17, 15) is 4.79 Å². The first kappa shape index (κ1) is 25.7. The minimum Gasteiger partial charge on any atom is -0.444 e. The molecule has 5 heteroatoms. The van der Waals surface area contributed by atoms with Crippen LogP contribution >= 0.6 is 0 Å². The molecule has 39 heavy (non-hydrogen) atoms. The molecule has 3 aliphatic rings. The molecule has 6 rings (SSSR count). The molecule has 5 nitrogen and oxygen atoms in total. The van der Waals surface area contributed by atoms with Crippen LogP contribution in [0.4, 0.5) is 4.79 Å². The van der Waals surface area contributed by atoms with Crippen molar-refractivity contribution < 1.29 is 9.53 Å². The number of nitrogens with zero attached hydrogens (tertiary/aromatic N) is 1. The van der Waals surface area contributed by atoms with Gasteiger partial charge in [-0.1, -0.05) is 44.8 Å². The number of alkyl carbamates (subject to hydrolysis) is 1. The molecule has 0 bridgehead atoms. The van der Waals surface area contributed by atoms with E-state index in [1.807, 2.05) is 20.8 Å². The third-order valence-electron chi connectivity index (χ3n) is 8.99. The van der Waals surface area contributed by atoms with E-state index in [1.54, 1.807) is 0 Å². The minimum atomic E-state index is -0.517. The highest BCUT2D eigenvalue weighted by atomic mass is 16.6. The Balaban J connectivity index is 1.17. The number of fused-ring (bicyclic) bond motifs is 2. The third kappa shape index (κ3) is 5.35. The number of ether oxygens (including phenoxy) is 1. The average molecular weight is 522 g/mol. The van der Waals surface area contributed by atoms with E-state index in [-0.39, 0.29) is 17.6 Å². The smallest absolute Gasteiger partial charge is 0.408 e. The van der Waals surface area contributed by atoms with E-state index in [1.165, 1.54) is 29.5 Å². The van der Waals surface area contributed by atoms with Crippen molar-refractivity contribution in [2.45, 2.75) is 91.2 Å². The summed E-state index contributed by atoms with van der Waals surface area (Å²) in [6.07, 6.45) is 7.49. The van der Waals surface area contributed by atoms with Crippen LogP contribution in [0.1, 0.15) is 101 Å². The summed E-state index contributed by atoms with van der Waals surface area (Å²) in [7, 11) is 0. The maximum Gasteiger partial charge on any atom is 0.408 e. The Bertz CT molecular complexity index is 1550. The number of hydrogen-bond acceptors (Lipinski definition) is 3. The first-order valence-corrected chi connectivity index (χ1v) is 14.3. The van der Waals surface area contributed by atoms with E-state index in [0.29, 0.717) is 11.3 Å². The highest BCUT2D eigenvalue weighted by Gasteiger charge is 2.48. The lowest BCUT2D eigenvalue weighted by molar-refractivity contribution is 0.0494. The number of H-pyrrole nitrogens is 1. The lowest BCUT2D eigenvalue weighted by Gasteiger charge is -2.28. The molecule has 3 aromatic rings. The number of hydrogen-bond donors (Lipinski definition) is 2. The van der Waals surface area contributed by atoms with Crippen molar-refractivity contribution in [3.8, 4) is 11.8 Å². The molecule has 2 N–H and O–H groups in total. The Labute approximate surface area is 231 Å². The van der Waals surface area contributed by atoms with Crippen molar-refractivity contribution in [1.82, 2.24) is 15.3 Å². The standard InChI is InChI=1S/C34H39N3O2/c1-21(33(5)13-14-33)30-35-27-12-10-23(18-28(27)36-30)8-7-22-9-11-24-19-26(20-25(24)17-22)29(34(6)15-16-34)37-31(38)39-32(2,3)4/h9-12,17-19,21,29H,13-16,20H2,1-6H3,(H,35,36)(H,37,38)/t21-,29-/m1/s1. The highest BCUT2D eigenvalue weighted by Crippen LogP contribution is 2.55. The lowest BCUT2D eigenvalue weighted by Crippen LogP contribution is -2.44. The van der Waals surface area contributed by atoms with E-state index >= 15 is 0 Å². The van der Waals surface area contributed by atoms with Crippen LogP contribution in [-0.4, -0.2) is 27.7 Å².